The van der Waals surface area contributed by atoms with Gasteiger partial charge in [0, 0.05) is 18.6 Å². The van der Waals surface area contributed by atoms with Crippen molar-refractivity contribution in [2.45, 2.75) is 52.1 Å². The molecule has 72 valence electrons. The minimum Gasteiger partial charge on any atom is -0.326 e. The van der Waals surface area contributed by atoms with Gasteiger partial charge in [0.2, 0.25) is 0 Å². The van der Waals surface area contributed by atoms with Gasteiger partial charge in [0.15, 0.2) is 0 Å². The SMILES string of the molecule is CC(C)(C)CNC1CCCC1N. The molecule has 1 fully saturated rings. The van der Waals surface area contributed by atoms with Crippen molar-refractivity contribution in [1.29, 1.82) is 0 Å². The predicted octanol–water partition coefficient (Wildman–Crippen LogP) is 1.50. The van der Waals surface area contributed by atoms with Crippen LogP contribution in [0.1, 0.15) is 40.0 Å². The van der Waals surface area contributed by atoms with Crippen LogP contribution in [0, 0.1) is 5.41 Å². The summed E-state index contributed by atoms with van der Waals surface area (Å²) in [6, 6.07) is 0.969. The van der Waals surface area contributed by atoms with E-state index in [9.17, 15) is 0 Å². The van der Waals surface area contributed by atoms with Crippen molar-refractivity contribution in [3.8, 4) is 0 Å². The first-order valence-electron chi connectivity index (χ1n) is 4.98. The standard InChI is InChI=1S/C10H22N2/c1-10(2,3)7-12-9-6-4-5-8(9)11/h8-9,12H,4-7,11H2,1-3H3. The number of hydrogen-bond acceptors (Lipinski definition) is 2. The normalized spacial score (nSPS) is 31.0. The van der Waals surface area contributed by atoms with Gasteiger partial charge in [0.1, 0.15) is 0 Å². The molecular weight excluding hydrogens is 148 g/mol. The van der Waals surface area contributed by atoms with Crippen molar-refractivity contribution in [3.63, 3.8) is 0 Å². The van der Waals surface area contributed by atoms with Crippen LogP contribution >= 0.6 is 0 Å². The third kappa shape index (κ3) is 3.11. The highest BCUT2D eigenvalue weighted by molar-refractivity contribution is 4.86. The Bertz CT molecular complexity index is 137. The zero-order valence-corrected chi connectivity index (χ0v) is 8.56. The van der Waals surface area contributed by atoms with Crippen LogP contribution in [0.15, 0.2) is 0 Å². The first kappa shape index (κ1) is 10.0. The lowest BCUT2D eigenvalue weighted by atomic mass is 9.96. The lowest BCUT2D eigenvalue weighted by Gasteiger charge is -2.24. The molecule has 0 saturated heterocycles. The van der Waals surface area contributed by atoms with Crippen molar-refractivity contribution in [2.24, 2.45) is 11.1 Å². The molecule has 1 rings (SSSR count). The Labute approximate surface area is 75.9 Å². The van der Waals surface area contributed by atoms with Crippen LogP contribution in [-0.4, -0.2) is 18.6 Å². The first-order valence-corrected chi connectivity index (χ1v) is 4.98. The van der Waals surface area contributed by atoms with Gasteiger partial charge in [-0.15, -0.1) is 0 Å². The Hall–Kier alpha value is -0.0800. The highest BCUT2D eigenvalue weighted by Gasteiger charge is 2.24. The molecule has 12 heavy (non-hydrogen) atoms. The van der Waals surface area contributed by atoms with Gasteiger partial charge in [-0.1, -0.05) is 27.2 Å². The zero-order chi connectivity index (χ0) is 9.19. The predicted molar refractivity (Wildman–Crippen MR) is 53.1 cm³/mol. The maximum Gasteiger partial charge on any atom is 0.0219 e. The van der Waals surface area contributed by atoms with Gasteiger partial charge in [0.25, 0.3) is 0 Å². The van der Waals surface area contributed by atoms with Gasteiger partial charge in [-0.2, -0.15) is 0 Å². The van der Waals surface area contributed by atoms with E-state index in [4.69, 9.17) is 5.73 Å². The Kier molecular flexibility index (Phi) is 3.13. The number of nitrogens with two attached hydrogens (primary N) is 1. The third-order valence-electron chi connectivity index (χ3n) is 2.46. The smallest absolute Gasteiger partial charge is 0.0219 e. The van der Waals surface area contributed by atoms with Crippen LogP contribution in [0.3, 0.4) is 0 Å². The van der Waals surface area contributed by atoms with E-state index < -0.39 is 0 Å². The van der Waals surface area contributed by atoms with E-state index >= 15 is 0 Å². The summed E-state index contributed by atoms with van der Waals surface area (Å²) in [7, 11) is 0. The quantitative estimate of drug-likeness (QED) is 0.659. The average molecular weight is 170 g/mol. The zero-order valence-electron chi connectivity index (χ0n) is 8.56. The summed E-state index contributed by atoms with van der Waals surface area (Å²) in [6.45, 7) is 7.83. The molecule has 2 nitrogen and oxygen atoms in total. The van der Waals surface area contributed by atoms with E-state index in [1.54, 1.807) is 0 Å². The van der Waals surface area contributed by atoms with Crippen molar-refractivity contribution < 1.29 is 0 Å². The fourth-order valence-corrected chi connectivity index (χ4v) is 1.68. The van der Waals surface area contributed by atoms with Crippen LogP contribution in [0.5, 0.6) is 0 Å². The first-order chi connectivity index (χ1) is 5.49. The number of rotatable bonds is 2. The van der Waals surface area contributed by atoms with Crippen LogP contribution in [-0.2, 0) is 0 Å². The van der Waals surface area contributed by atoms with Gasteiger partial charge in [-0.3, -0.25) is 0 Å². The van der Waals surface area contributed by atoms with Gasteiger partial charge in [0.05, 0.1) is 0 Å². The Morgan fingerprint density at radius 1 is 1.33 bits per heavy atom. The fraction of sp³-hybridized carbons (Fsp3) is 1.00. The van der Waals surface area contributed by atoms with Crippen LogP contribution in [0.25, 0.3) is 0 Å². The van der Waals surface area contributed by atoms with Crippen molar-refractivity contribution >= 4 is 0 Å². The molecule has 0 amide bonds. The summed E-state index contributed by atoms with van der Waals surface area (Å²) in [5.41, 5.74) is 6.32. The molecule has 0 spiro atoms. The molecule has 0 aromatic rings. The molecule has 2 unspecified atom stereocenters. The maximum atomic E-state index is 5.95. The second kappa shape index (κ2) is 3.75. The Balaban J connectivity index is 2.23. The summed E-state index contributed by atoms with van der Waals surface area (Å²) in [5.74, 6) is 0. The molecule has 0 aromatic carbocycles. The minimum absolute atomic E-state index is 0.377. The number of hydrogen-bond donors (Lipinski definition) is 2. The summed E-state index contributed by atoms with van der Waals surface area (Å²) in [6.07, 6.45) is 3.75. The van der Waals surface area contributed by atoms with Gasteiger partial charge in [-0.05, 0) is 18.3 Å². The molecule has 1 aliphatic rings. The summed E-state index contributed by atoms with van der Waals surface area (Å²) in [5, 5.41) is 3.55. The highest BCUT2D eigenvalue weighted by atomic mass is 15.0. The topological polar surface area (TPSA) is 38.0 Å². The van der Waals surface area contributed by atoms with Gasteiger partial charge < -0.3 is 11.1 Å². The molecule has 0 aromatic heterocycles. The number of nitrogens with one attached hydrogen (secondary N) is 1. The van der Waals surface area contributed by atoms with Crippen LogP contribution in [0.2, 0.25) is 0 Å². The summed E-state index contributed by atoms with van der Waals surface area (Å²) >= 11 is 0. The third-order valence-corrected chi connectivity index (χ3v) is 2.46. The van der Waals surface area contributed by atoms with E-state index in [1.807, 2.05) is 0 Å². The van der Waals surface area contributed by atoms with Crippen LogP contribution in [0.4, 0.5) is 0 Å². The van der Waals surface area contributed by atoms with Crippen molar-refractivity contribution in [1.82, 2.24) is 5.32 Å². The van der Waals surface area contributed by atoms with E-state index in [0.29, 0.717) is 17.5 Å². The van der Waals surface area contributed by atoms with E-state index in [0.717, 1.165) is 6.54 Å². The fourth-order valence-electron chi connectivity index (χ4n) is 1.68. The molecule has 2 atom stereocenters. The minimum atomic E-state index is 0.377. The molecule has 0 radical (unpaired) electrons. The van der Waals surface area contributed by atoms with E-state index in [2.05, 4.69) is 26.1 Å². The maximum absolute atomic E-state index is 5.95. The average Bonchev–Trinajstić information content (AvgIpc) is 2.29. The Morgan fingerprint density at radius 2 is 2.00 bits per heavy atom. The molecule has 1 aliphatic carbocycles. The highest BCUT2D eigenvalue weighted by Crippen LogP contribution is 2.19. The lowest BCUT2D eigenvalue weighted by molar-refractivity contribution is 0.341. The molecule has 2 heteroatoms. The largest absolute Gasteiger partial charge is 0.326 e. The monoisotopic (exact) mass is 170 g/mol. The molecule has 3 N–H and O–H groups in total. The lowest BCUT2D eigenvalue weighted by Crippen LogP contribution is -2.44. The second-order valence-corrected chi connectivity index (χ2v) is 5.14. The summed E-state index contributed by atoms with van der Waals surface area (Å²) < 4.78 is 0. The molecular formula is C10H22N2. The van der Waals surface area contributed by atoms with Crippen LogP contribution < -0.4 is 11.1 Å². The molecule has 0 aliphatic heterocycles. The van der Waals surface area contributed by atoms with Gasteiger partial charge >= 0.3 is 0 Å². The van der Waals surface area contributed by atoms with Crippen molar-refractivity contribution in [3.05, 3.63) is 0 Å². The summed E-state index contributed by atoms with van der Waals surface area (Å²) in [4.78, 5) is 0. The molecule has 0 heterocycles. The van der Waals surface area contributed by atoms with Crippen molar-refractivity contribution in [2.75, 3.05) is 6.54 Å². The van der Waals surface area contributed by atoms with E-state index in [-0.39, 0.29) is 0 Å². The second-order valence-electron chi connectivity index (χ2n) is 5.14. The van der Waals surface area contributed by atoms with E-state index in [1.165, 1.54) is 19.3 Å². The molecule has 1 saturated carbocycles. The van der Waals surface area contributed by atoms with Gasteiger partial charge in [-0.25, -0.2) is 0 Å². The molecule has 0 bridgehead atoms. The Morgan fingerprint density at radius 3 is 2.42 bits per heavy atom.